The first-order valence-electron chi connectivity index (χ1n) is 2.61. The molecule has 0 radical (unpaired) electrons. The summed E-state index contributed by atoms with van der Waals surface area (Å²) in [6.07, 6.45) is 0. The van der Waals surface area contributed by atoms with Gasteiger partial charge in [0.1, 0.15) is 4.75 Å². The van der Waals surface area contributed by atoms with Gasteiger partial charge in [-0.1, -0.05) is 12.8 Å². The number of ketones is 1. The topological polar surface area (TPSA) is 46.2 Å². The Morgan fingerprint density at radius 1 is 1.50 bits per heavy atom. The van der Waals surface area contributed by atoms with Crippen molar-refractivity contribution in [3.05, 3.63) is 0 Å². The molecule has 10 heavy (non-hydrogen) atoms. The lowest BCUT2D eigenvalue weighted by molar-refractivity contribution is -0.128. The van der Waals surface area contributed by atoms with Gasteiger partial charge in [-0.05, 0) is 13.8 Å². The van der Waals surface area contributed by atoms with Gasteiger partial charge in [-0.25, -0.2) is 0 Å². The Morgan fingerprint density at radius 2 is 1.90 bits per heavy atom. The van der Waals surface area contributed by atoms with Crippen LogP contribution >= 0.6 is 25.4 Å². The Labute approximate surface area is 70.5 Å². The minimum Gasteiger partial charge on any atom is -0.301 e. The third-order valence-electron chi connectivity index (χ3n) is 1.23. The van der Waals surface area contributed by atoms with Gasteiger partial charge < -0.3 is 4.72 Å². The maximum atomic E-state index is 10.8. The number of hydrogen-bond acceptors (Lipinski definition) is 4. The SMILES string of the molecule is CC(=O)C(C)(S)C(=O)NS. The number of hydrogen-bond donors (Lipinski definition) is 3. The average molecular weight is 179 g/mol. The highest BCUT2D eigenvalue weighted by Crippen LogP contribution is 2.14. The lowest BCUT2D eigenvalue weighted by atomic mass is 10.1. The monoisotopic (exact) mass is 179 g/mol. The highest BCUT2D eigenvalue weighted by Gasteiger charge is 2.33. The molecule has 0 spiro atoms. The van der Waals surface area contributed by atoms with Crippen molar-refractivity contribution in [2.24, 2.45) is 0 Å². The van der Waals surface area contributed by atoms with Crippen LogP contribution in [0, 0.1) is 0 Å². The average Bonchev–Trinajstić information content (AvgIpc) is 1.86. The van der Waals surface area contributed by atoms with Crippen LogP contribution in [0.1, 0.15) is 13.8 Å². The van der Waals surface area contributed by atoms with Crippen LogP contribution < -0.4 is 4.72 Å². The zero-order chi connectivity index (χ0) is 8.36. The molecule has 0 saturated heterocycles. The lowest BCUT2D eigenvalue weighted by Crippen LogP contribution is -2.41. The normalized spacial score (nSPS) is 15.6. The summed E-state index contributed by atoms with van der Waals surface area (Å²) in [6, 6.07) is 0. The maximum Gasteiger partial charge on any atom is 0.252 e. The quantitative estimate of drug-likeness (QED) is 0.419. The molecule has 1 atom stereocenters. The zero-order valence-corrected chi connectivity index (χ0v) is 7.50. The molecular weight excluding hydrogens is 170 g/mol. The molecule has 0 rings (SSSR count). The van der Waals surface area contributed by atoms with E-state index in [9.17, 15) is 9.59 Å². The fourth-order valence-corrected chi connectivity index (χ4v) is 0.636. The first-order chi connectivity index (χ1) is 4.42. The molecule has 0 heterocycles. The number of rotatable bonds is 2. The van der Waals surface area contributed by atoms with Gasteiger partial charge >= 0.3 is 0 Å². The Kier molecular flexibility index (Phi) is 3.24. The second kappa shape index (κ2) is 3.30. The number of carbonyl (C=O) groups is 2. The molecule has 0 bridgehead atoms. The van der Waals surface area contributed by atoms with Crippen molar-refractivity contribution in [3.8, 4) is 0 Å². The predicted octanol–water partition coefficient (Wildman–Crippen LogP) is 0.225. The van der Waals surface area contributed by atoms with Crippen LogP contribution in [0.3, 0.4) is 0 Å². The molecule has 5 heteroatoms. The Hall–Kier alpha value is -0.160. The van der Waals surface area contributed by atoms with E-state index >= 15 is 0 Å². The lowest BCUT2D eigenvalue weighted by Gasteiger charge is -2.16. The van der Waals surface area contributed by atoms with Gasteiger partial charge in [-0.15, -0.1) is 0 Å². The summed E-state index contributed by atoms with van der Waals surface area (Å²) >= 11 is 7.35. The van der Waals surface area contributed by atoms with E-state index in [1.807, 2.05) is 4.72 Å². The molecule has 1 N–H and O–H groups in total. The summed E-state index contributed by atoms with van der Waals surface area (Å²) in [5, 5.41) is 0. The fourth-order valence-electron chi connectivity index (χ4n) is 0.269. The summed E-state index contributed by atoms with van der Waals surface area (Å²) < 4.78 is 0.783. The van der Waals surface area contributed by atoms with E-state index < -0.39 is 10.7 Å². The van der Waals surface area contributed by atoms with E-state index in [-0.39, 0.29) is 5.78 Å². The smallest absolute Gasteiger partial charge is 0.252 e. The van der Waals surface area contributed by atoms with Gasteiger partial charge in [0.2, 0.25) is 0 Å². The third kappa shape index (κ3) is 1.91. The summed E-state index contributed by atoms with van der Waals surface area (Å²) in [4.78, 5) is 21.5. The molecule has 58 valence electrons. The number of thiol groups is 2. The molecule has 0 aliphatic rings. The summed E-state index contributed by atoms with van der Waals surface area (Å²) in [5.41, 5.74) is 0. The van der Waals surface area contributed by atoms with E-state index in [4.69, 9.17) is 0 Å². The highest BCUT2D eigenvalue weighted by molar-refractivity contribution is 7.84. The van der Waals surface area contributed by atoms with Crippen molar-refractivity contribution in [2.45, 2.75) is 18.6 Å². The first-order valence-corrected chi connectivity index (χ1v) is 3.50. The third-order valence-corrected chi connectivity index (χ3v) is 1.95. The minimum atomic E-state index is -1.26. The molecule has 0 aliphatic heterocycles. The Balaban J connectivity index is 4.40. The van der Waals surface area contributed by atoms with E-state index in [0.717, 1.165) is 0 Å². The Bertz CT molecular complexity index is 167. The number of amides is 1. The van der Waals surface area contributed by atoms with E-state index in [1.165, 1.54) is 13.8 Å². The van der Waals surface area contributed by atoms with Crippen LogP contribution in [0.25, 0.3) is 0 Å². The van der Waals surface area contributed by atoms with Crippen molar-refractivity contribution in [3.63, 3.8) is 0 Å². The van der Waals surface area contributed by atoms with Crippen LogP contribution in [-0.4, -0.2) is 16.4 Å². The van der Waals surface area contributed by atoms with Gasteiger partial charge in [0, 0.05) is 0 Å². The summed E-state index contributed by atoms with van der Waals surface area (Å²) in [6.45, 7) is 2.72. The van der Waals surface area contributed by atoms with Crippen LogP contribution in [0.5, 0.6) is 0 Å². The van der Waals surface area contributed by atoms with Crippen LogP contribution in [0.15, 0.2) is 0 Å². The van der Waals surface area contributed by atoms with Crippen molar-refractivity contribution in [2.75, 3.05) is 0 Å². The standard InChI is InChI=1S/C5H9NO2S2/c1-3(7)5(2,9)4(8)6-10/h9-10H,1-2H3,(H,6,8). The van der Waals surface area contributed by atoms with Crippen LogP contribution in [0.2, 0.25) is 0 Å². The summed E-state index contributed by atoms with van der Waals surface area (Å²) in [7, 11) is 0. The fraction of sp³-hybridized carbons (Fsp3) is 0.600. The van der Waals surface area contributed by atoms with E-state index in [0.29, 0.717) is 0 Å². The molecule has 1 amide bonds. The molecule has 0 aromatic rings. The molecule has 0 aromatic carbocycles. The van der Waals surface area contributed by atoms with Gasteiger partial charge in [0.05, 0.1) is 0 Å². The molecule has 0 aliphatic carbocycles. The maximum absolute atomic E-state index is 10.8. The van der Waals surface area contributed by atoms with Gasteiger partial charge in [0.15, 0.2) is 5.78 Å². The zero-order valence-electron chi connectivity index (χ0n) is 5.71. The molecular formula is C5H9NO2S2. The van der Waals surface area contributed by atoms with Crippen LogP contribution in [0.4, 0.5) is 0 Å². The molecule has 3 nitrogen and oxygen atoms in total. The molecule has 0 fully saturated rings. The van der Waals surface area contributed by atoms with Crippen molar-refractivity contribution >= 4 is 37.1 Å². The van der Waals surface area contributed by atoms with Gasteiger partial charge in [-0.3, -0.25) is 9.59 Å². The van der Waals surface area contributed by atoms with Crippen molar-refractivity contribution in [1.29, 1.82) is 0 Å². The largest absolute Gasteiger partial charge is 0.301 e. The Morgan fingerprint density at radius 3 is 2.00 bits per heavy atom. The second-order valence-electron chi connectivity index (χ2n) is 2.07. The second-order valence-corrected chi connectivity index (χ2v) is 3.19. The van der Waals surface area contributed by atoms with E-state index in [1.54, 1.807) is 0 Å². The van der Waals surface area contributed by atoms with Gasteiger partial charge in [0.25, 0.3) is 5.91 Å². The van der Waals surface area contributed by atoms with Gasteiger partial charge in [-0.2, -0.15) is 12.6 Å². The highest BCUT2D eigenvalue weighted by atomic mass is 32.1. The van der Waals surface area contributed by atoms with Crippen molar-refractivity contribution in [1.82, 2.24) is 4.72 Å². The van der Waals surface area contributed by atoms with Crippen molar-refractivity contribution < 1.29 is 9.59 Å². The minimum absolute atomic E-state index is 0.303. The van der Waals surface area contributed by atoms with Crippen LogP contribution in [-0.2, 0) is 9.59 Å². The number of carbonyl (C=O) groups excluding carboxylic acids is 2. The summed E-state index contributed by atoms with van der Waals surface area (Å²) in [5.74, 6) is -0.811. The first kappa shape index (κ1) is 9.84. The number of Topliss-reactive ketones (excluding diaryl/α,β-unsaturated/α-hetero) is 1. The number of nitrogens with one attached hydrogen (secondary N) is 1. The molecule has 0 saturated carbocycles. The van der Waals surface area contributed by atoms with E-state index in [2.05, 4.69) is 25.4 Å². The molecule has 0 aromatic heterocycles. The molecule has 1 unspecified atom stereocenters. The predicted molar refractivity (Wildman–Crippen MR) is 45.2 cm³/mol.